The molecular weight excluding hydrogens is 320 g/mol. The lowest BCUT2D eigenvalue weighted by atomic mass is 9.66. The van der Waals surface area contributed by atoms with Crippen LogP contribution in [0, 0.1) is 34.5 Å². The molecule has 4 nitrogen and oxygen atoms in total. The van der Waals surface area contributed by atoms with E-state index in [9.17, 15) is 0 Å². The monoisotopic (exact) mass is 356 g/mol. The number of azo groups is 2. The maximum Gasteiger partial charge on any atom is 0.0894 e. The van der Waals surface area contributed by atoms with Crippen LogP contribution in [0.15, 0.2) is 20.5 Å². The number of fused-ring (bicyclic) bond motifs is 10. The molecule has 0 N–H and O–H groups in total. The quantitative estimate of drug-likeness (QED) is 0.506. The molecule has 5 rings (SSSR count). The van der Waals surface area contributed by atoms with Gasteiger partial charge >= 0.3 is 0 Å². The van der Waals surface area contributed by atoms with Crippen molar-refractivity contribution >= 4 is 0 Å². The molecule has 0 aromatic carbocycles. The number of hydrogen-bond acceptors (Lipinski definition) is 4. The largest absolute Gasteiger partial charge is 0.186 e. The Morgan fingerprint density at radius 3 is 0.808 bits per heavy atom. The van der Waals surface area contributed by atoms with Crippen LogP contribution in [0.2, 0.25) is 0 Å². The van der Waals surface area contributed by atoms with Crippen LogP contribution in [-0.4, -0.2) is 22.2 Å². The summed E-state index contributed by atoms with van der Waals surface area (Å²) in [5.74, 6) is 2.65. The second-order valence-electron chi connectivity index (χ2n) is 11.8. The fourth-order valence-corrected chi connectivity index (χ4v) is 8.30. The summed E-state index contributed by atoms with van der Waals surface area (Å²) in [6.07, 6.45) is 5.10. The fourth-order valence-electron chi connectivity index (χ4n) is 8.30. The van der Waals surface area contributed by atoms with Gasteiger partial charge in [-0.05, 0) is 77.0 Å². The minimum Gasteiger partial charge on any atom is -0.186 e. The van der Waals surface area contributed by atoms with Gasteiger partial charge in [0.1, 0.15) is 0 Å². The molecule has 8 atom stereocenters. The van der Waals surface area contributed by atoms with Gasteiger partial charge in [0.05, 0.1) is 22.2 Å². The van der Waals surface area contributed by atoms with E-state index in [0.717, 1.165) is 0 Å². The number of rotatable bonds is 0. The Morgan fingerprint density at radius 2 is 0.615 bits per heavy atom. The van der Waals surface area contributed by atoms with Gasteiger partial charge in [-0.1, -0.05) is 27.7 Å². The Hall–Kier alpha value is -0.800. The minimum atomic E-state index is -0.00128. The molecule has 5 aliphatic rings. The van der Waals surface area contributed by atoms with E-state index in [1.807, 2.05) is 0 Å². The van der Waals surface area contributed by atoms with Gasteiger partial charge in [0, 0.05) is 10.8 Å². The molecule has 3 fully saturated rings. The summed E-state index contributed by atoms with van der Waals surface area (Å²) in [4.78, 5) is 0. The third-order valence-electron chi connectivity index (χ3n) is 11.4. The summed E-state index contributed by atoms with van der Waals surface area (Å²) >= 11 is 0. The molecule has 3 aliphatic carbocycles. The molecule has 0 spiro atoms. The lowest BCUT2D eigenvalue weighted by molar-refractivity contribution is 0.0988. The Morgan fingerprint density at radius 1 is 0.423 bits per heavy atom. The standard InChI is InChI=1S/C22H36N4/c1-17(2)19(5)13-9-11-15-16(12-10-14(13)20(17,6)24-23-19)22(8)18(3,4)21(15,7)25-26-22/h13-16H,9-12H2,1-8H3/t13-,14+,15+,16-,19-,20+,21+,22-. The SMILES string of the molecule is CC1(C)[C@@]2(C)N=N[C@]1(C)[C@@H]1CC[C@H]3[C@@H](CC[C@@H]12)[C@@]1(C)N=N[C@]3(C)C1(C)C. The zero-order chi connectivity index (χ0) is 19.0. The van der Waals surface area contributed by atoms with Crippen molar-refractivity contribution in [3.05, 3.63) is 0 Å². The molecule has 2 heterocycles. The van der Waals surface area contributed by atoms with E-state index in [4.69, 9.17) is 20.5 Å². The second-order valence-corrected chi connectivity index (χ2v) is 11.8. The molecule has 0 radical (unpaired) electrons. The van der Waals surface area contributed by atoms with Gasteiger partial charge in [-0.2, -0.15) is 20.5 Å². The predicted molar refractivity (Wildman–Crippen MR) is 103 cm³/mol. The molecule has 0 amide bonds. The topological polar surface area (TPSA) is 49.4 Å². The van der Waals surface area contributed by atoms with Crippen LogP contribution >= 0.6 is 0 Å². The minimum absolute atomic E-state index is 0.00128. The zero-order valence-electron chi connectivity index (χ0n) is 17.9. The first kappa shape index (κ1) is 17.3. The maximum absolute atomic E-state index is 4.89. The summed E-state index contributed by atoms with van der Waals surface area (Å²) in [6.45, 7) is 19.2. The van der Waals surface area contributed by atoms with Crippen molar-refractivity contribution in [1.82, 2.24) is 0 Å². The Bertz CT molecular complexity index is 620. The van der Waals surface area contributed by atoms with E-state index in [2.05, 4.69) is 55.4 Å². The summed E-state index contributed by atoms with van der Waals surface area (Å²) < 4.78 is 0. The van der Waals surface area contributed by atoms with Crippen LogP contribution in [-0.2, 0) is 0 Å². The first-order chi connectivity index (χ1) is 11.9. The van der Waals surface area contributed by atoms with Crippen LogP contribution in [0.1, 0.15) is 81.1 Å². The summed E-state index contributed by atoms with van der Waals surface area (Å²) in [7, 11) is 0. The van der Waals surface area contributed by atoms with Crippen molar-refractivity contribution < 1.29 is 0 Å². The van der Waals surface area contributed by atoms with Crippen LogP contribution < -0.4 is 0 Å². The first-order valence-corrected chi connectivity index (χ1v) is 10.7. The third-order valence-corrected chi connectivity index (χ3v) is 11.4. The number of hydrogen-bond donors (Lipinski definition) is 0. The first-order valence-electron chi connectivity index (χ1n) is 10.7. The van der Waals surface area contributed by atoms with E-state index < -0.39 is 0 Å². The molecular formula is C22H36N4. The third kappa shape index (κ3) is 1.37. The normalized spacial score (nSPS) is 60.6. The van der Waals surface area contributed by atoms with Gasteiger partial charge in [-0.3, -0.25) is 0 Å². The molecule has 4 heteroatoms. The van der Waals surface area contributed by atoms with E-state index >= 15 is 0 Å². The van der Waals surface area contributed by atoms with Crippen LogP contribution in [0.5, 0.6) is 0 Å². The number of nitrogens with zero attached hydrogens (tertiary/aromatic N) is 4. The highest BCUT2D eigenvalue weighted by Crippen LogP contribution is 2.73. The molecule has 0 saturated heterocycles. The van der Waals surface area contributed by atoms with Gasteiger partial charge in [0.25, 0.3) is 0 Å². The Labute approximate surface area is 158 Å². The van der Waals surface area contributed by atoms with Crippen LogP contribution in [0.25, 0.3) is 0 Å². The van der Waals surface area contributed by atoms with Gasteiger partial charge in [0.2, 0.25) is 0 Å². The van der Waals surface area contributed by atoms with Crippen molar-refractivity contribution in [1.29, 1.82) is 0 Å². The summed E-state index contributed by atoms with van der Waals surface area (Å²) in [6, 6.07) is 0. The molecule has 0 unspecified atom stereocenters. The highest BCUT2D eigenvalue weighted by atomic mass is 15.3. The van der Waals surface area contributed by atoms with Gasteiger partial charge in [0.15, 0.2) is 0 Å². The van der Waals surface area contributed by atoms with E-state index in [1.54, 1.807) is 0 Å². The van der Waals surface area contributed by atoms with Crippen molar-refractivity contribution in [2.24, 2.45) is 55.0 Å². The van der Waals surface area contributed by atoms with Crippen molar-refractivity contribution in [3.63, 3.8) is 0 Å². The smallest absolute Gasteiger partial charge is 0.0894 e. The van der Waals surface area contributed by atoms with E-state index in [0.29, 0.717) is 23.7 Å². The predicted octanol–water partition coefficient (Wildman–Crippen LogP) is 6.07. The lowest BCUT2D eigenvalue weighted by Gasteiger charge is -2.42. The van der Waals surface area contributed by atoms with Crippen LogP contribution in [0.3, 0.4) is 0 Å². The summed E-state index contributed by atoms with van der Waals surface area (Å²) in [5, 5.41) is 19.6. The molecule has 2 aliphatic heterocycles. The highest BCUT2D eigenvalue weighted by Gasteiger charge is 2.76. The Kier molecular flexibility index (Phi) is 2.85. The second kappa shape index (κ2) is 4.27. The van der Waals surface area contributed by atoms with Gasteiger partial charge < -0.3 is 0 Å². The molecule has 144 valence electrons. The lowest BCUT2D eigenvalue weighted by Crippen LogP contribution is -2.44. The fraction of sp³-hybridized carbons (Fsp3) is 1.00. The Balaban J connectivity index is 1.56. The average Bonchev–Trinajstić information content (AvgIpc) is 2.92. The molecule has 3 saturated carbocycles. The zero-order valence-corrected chi connectivity index (χ0v) is 17.9. The van der Waals surface area contributed by atoms with Crippen molar-refractivity contribution in [3.8, 4) is 0 Å². The van der Waals surface area contributed by atoms with Crippen molar-refractivity contribution in [2.45, 2.75) is 103 Å². The van der Waals surface area contributed by atoms with Crippen molar-refractivity contribution in [2.75, 3.05) is 0 Å². The summed E-state index contributed by atoms with van der Waals surface area (Å²) in [5.41, 5.74) is 0.292. The van der Waals surface area contributed by atoms with Crippen LogP contribution in [0.4, 0.5) is 0 Å². The molecule has 0 aromatic heterocycles. The van der Waals surface area contributed by atoms with E-state index in [1.165, 1.54) is 25.7 Å². The van der Waals surface area contributed by atoms with Gasteiger partial charge in [-0.15, -0.1) is 0 Å². The average molecular weight is 357 g/mol. The van der Waals surface area contributed by atoms with Gasteiger partial charge in [-0.25, -0.2) is 0 Å². The van der Waals surface area contributed by atoms with E-state index in [-0.39, 0.29) is 33.0 Å². The maximum atomic E-state index is 4.89. The molecule has 26 heavy (non-hydrogen) atoms. The molecule has 0 aromatic rings. The molecule has 4 bridgehead atoms. The highest BCUT2D eigenvalue weighted by molar-refractivity contribution is 5.30.